The summed E-state index contributed by atoms with van der Waals surface area (Å²) in [5.41, 5.74) is 0.952. The number of aliphatic imine (C=N–C) groups is 1. The molecule has 0 saturated carbocycles. The molecule has 2 heterocycles. The van der Waals surface area contributed by atoms with Gasteiger partial charge in [0.05, 0.1) is 16.7 Å². The van der Waals surface area contributed by atoms with Crippen LogP contribution in [0.5, 0.6) is 0 Å². The van der Waals surface area contributed by atoms with Gasteiger partial charge in [0, 0.05) is 12.3 Å². The first-order chi connectivity index (χ1) is 23.9. The molecule has 1 fully saturated rings. The van der Waals surface area contributed by atoms with Crippen molar-refractivity contribution < 1.29 is 33.3 Å². The van der Waals surface area contributed by atoms with Gasteiger partial charge < -0.3 is 18.9 Å². The number of esters is 3. The summed E-state index contributed by atoms with van der Waals surface area (Å²) in [7, 11) is 0. The predicted molar refractivity (Wildman–Crippen MR) is 182 cm³/mol. The number of rotatable bonds is 10. The van der Waals surface area contributed by atoms with Crippen LogP contribution in [-0.4, -0.2) is 58.6 Å². The van der Waals surface area contributed by atoms with Crippen LogP contribution in [0.1, 0.15) is 42.9 Å². The van der Waals surface area contributed by atoms with Gasteiger partial charge in [0.2, 0.25) is 0 Å². The molecule has 0 aliphatic carbocycles. The lowest BCUT2D eigenvalue weighted by molar-refractivity contribution is -0.0624. The Morgan fingerprint density at radius 3 is 1.78 bits per heavy atom. The second kappa shape index (κ2) is 15.3. The molecule has 1 aliphatic rings. The molecule has 0 amide bonds. The summed E-state index contributed by atoms with van der Waals surface area (Å²) in [6.07, 6.45) is -3.59. The van der Waals surface area contributed by atoms with E-state index in [1.165, 1.54) is 16.8 Å². The van der Waals surface area contributed by atoms with E-state index < -0.39 is 54.6 Å². The van der Waals surface area contributed by atoms with Crippen molar-refractivity contribution in [1.82, 2.24) is 9.55 Å². The fourth-order valence-corrected chi connectivity index (χ4v) is 5.48. The Kier molecular flexibility index (Phi) is 10.3. The summed E-state index contributed by atoms with van der Waals surface area (Å²) in [5.74, 6) is -2.06. The quantitative estimate of drug-likeness (QED) is 0.0835. The van der Waals surface area contributed by atoms with Crippen LogP contribution >= 0.6 is 12.2 Å². The first-order valence-electron chi connectivity index (χ1n) is 15.2. The topological polar surface area (TPSA) is 138 Å². The molecule has 0 unspecified atom stereocenters. The molecule has 12 heteroatoms. The van der Waals surface area contributed by atoms with Gasteiger partial charge >= 0.3 is 17.9 Å². The number of carbonyl (C=O) groups excluding carboxylic acids is 3. The molecule has 246 valence electrons. The Balaban J connectivity index is 1.42. The van der Waals surface area contributed by atoms with Gasteiger partial charge in [-0.1, -0.05) is 84.9 Å². The van der Waals surface area contributed by atoms with Crippen LogP contribution in [0.25, 0.3) is 0 Å². The van der Waals surface area contributed by atoms with Crippen LogP contribution in [0.2, 0.25) is 0 Å². The molecule has 4 atom stereocenters. The van der Waals surface area contributed by atoms with Crippen molar-refractivity contribution in [2.24, 2.45) is 4.99 Å². The molecule has 1 aliphatic heterocycles. The molecular weight excluding hydrogens is 646 g/mol. The summed E-state index contributed by atoms with van der Waals surface area (Å²) >= 11 is 5.59. The van der Waals surface area contributed by atoms with E-state index in [2.05, 4.69) is 9.98 Å². The van der Waals surface area contributed by atoms with Crippen LogP contribution < -0.4 is 5.56 Å². The molecule has 5 aromatic rings. The highest BCUT2D eigenvalue weighted by Crippen LogP contribution is 2.37. The Labute approximate surface area is 285 Å². The van der Waals surface area contributed by atoms with E-state index in [4.69, 9.17) is 31.2 Å². The van der Waals surface area contributed by atoms with Gasteiger partial charge in [-0.15, -0.1) is 0 Å². The van der Waals surface area contributed by atoms with E-state index in [1.807, 2.05) is 30.3 Å². The van der Waals surface area contributed by atoms with Gasteiger partial charge in [-0.25, -0.2) is 19.4 Å². The SMILES string of the molecule is O=C(OC[C@H]1O[C@@H](n2c(/N=C/c3ccccc3)cc(=O)[nH]c2=S)[C@H](OC(=O)c2ccccc2)[C@@H]1OC(=O)c1ccccc1)c1ccccc1. The van der Waals surface area contributed by atoms with Gasteiger partial charge in [-0.05, 0) is 54.2 Å². The minimum Gasteiger partial charge on any atom is -0.459 e. The number of carbonyl (C=O) groups is 3. The van der Waals surface area contributed by atoms with E-state index in [9.17, 15) is 19.2 Å². The maximum absolute atomic E-state index is 13.5. The Bertz CT molecular complexity index is 2070. The summed E-state index contributed by atoms with van der Waals surface area (Å²) in [5, 5.41) is 0. The molecule has 6 rings (SSSR count). The minimum atomic E-state index is -1.36. The van der Waals surface area contributed by atoms with E-state index in [0.717, 1.165) is 5.56 Å². The van der Waals surface area contributed by atoms with Crippen molar-refractivity contribution in [2.45, 2.75) is 24.5 Å². The summed E-state index contributed by atoms with van der Waals surface area (Å²) in [6.45, 7) is -0.393. The Hall–Kier alpha value is -5.98. The average molecular weight is 676 g/mol. The zero-order chi connectivity index (χ0) is 34.2. The van der Waals surface area contributed by atoms with Crippen molar-refractivity contribution >= 4 is 42.2 Å². The third-order valence-corrected chi connectivity index (χ3v) is 7.83. The van der Waals surface area contributed by atoms with Crippen LogP contribution in [0, 0.1) is 4.77 Å². The molecule has 1 aromatic heterocycles. The molecule has 0 spiro atoms. The first kappa shape index (κ1) is 32.9. The van der Waals surface area contributed by atoms with Crippen LogP contribution in [0.4, 0.5) is 5.82 Å². The summed E-state index contributed by atoms with van der Waals surface area (Å²) in [6, 6.07) is 35.2. The van der Waals surface area contributed by atoms with Gasteiger partial charge in [-0.2, -0.15) is 0 Å². The molecule has 1 N–H and O–H groups in total. The van der Waals surface area contributed by atoms with Gasteiger partial charge in [-0.3, -0.25) is 14.3 Å². The highest BCUT2D eigenvalue weighted by Gasteiger charge is 2.52. The number of hydrogen-bond acceptors (Lipinski definition) is 10. The van der Waals surface area contributed by atoms with Crippen molar-refractivity contribution in [3.05, 3.63) is 165 Å². The molecule has 1 saturated heterocycles. The smallest absolute Gasteiger partial charge is 0.338 e. The molecule has 11 nitrogen and oxygen atoms in total. The molecule has 0 radical (unpaired) electrons. The number of ether oxygens (including phenoxy) is 4. The van der Waals surface area contributed by atoms with Crippen LogP contribution in [0.3, 0.4) is 0 Å². The molecule has 0 bridgehead atoms. The average Bonchev–Trinajstić information content (AvgIpc) is 3.46. The lowest BCUT2D eigenvalue weighted by Gasteiger charge is -2.26. The standard InChI is InChI=1S/C37H29N3O8S/c41-30-21-29(38-22-24-13-5-1-6-14-24)40(37(49)39-30)33-32(48-36(44)27-19-11-4-12-20-27)31(47-35(43)26-17-9-3-10-18-26)28(46-33)23-45-34(42)25-15-7-2-8-16-25/h1-22,28,31-33H,23H2,(H,39,41,49)/b38-22+/t28-,31-,32-,33-/m1/s1. The minimum absolute atomic E-state index is 0.0680. The number of H-pyrrole nitrogens is 1. The Morgan fingerprint density at radius 1 is 0.735 bits per heavy atom. The molecule has 49 heavy (non-hydrogen) atoms. The van der Waals surface area contributed by atoms with E-state index in [-0.39, 0.29) is 21.7 Å². The van der Waals surface area contributed by atoms with Crippen molar-refractivity contribution in [3.8, 4) is 0 Å². The van der Waals surface area contributed by atoms with Crippen LogP contribution in [0.15, 0.2) is 137 Å². The highest BCUT2D eigenvalue weighted by molar-refractivity contribution is 7.71. The van der Waals surface area contributed by atoms with Gasteiger partial charge in [0.1, 0.15) is 18.5 Å². The summed E-state index contributed by atoms with van der Waals surface area (Å²) in [4.78, 5) is 59.7. The number of hydrogen-bond donors (Lipinski definition) is 1. The highest BCUT2D eigenvalue weighted by atomic mass is 32.1. The molecule has 4 aromatic carbocycles. The predicted octanol–water partition coefficient (Wildman–Crippen LogP) is 5.86. The number of nitrogens with one attached hydrogen (secondary N) is 1. The summed E-state index contributed by atoms with van der Waals surface area (Å²) < 4.78 is 25.3. The molecular formula is C37H29N3O8S. The Morgan fingerprint density at radius 2 is 1.22 bits per heavy atom. The number of aromatic nitrogens is 2. The maximum Gasteiger partial charge on any atom is 0.338 e. The zero-order valence-corrected chi connectivity index (χ0v) is 26.6. The van der Waals surface area contributed by atoms with Crippen molar-refractivity contribution in [3.63, 3.8) is 0 Å². The fraction of sp³-hybridized carbons (Fsp3) is 0.135. The maximum atomic E-state index is 13.5. The fourth-order valence-electron chi connectivity index (χ4n) is 5.18. The van der Waals surface area contributed by atoms with Crippen LogP contribution in [-0.2, 0) is 18.9 Å². The van der Waals surface area contributed by atoms with Crippen molar-refractivity contribution in [2.75, 3.05) is 6.61 Å². The number of nitrogens with zero attached hydrogens (tertiary/aromatic N) is 2. The zero-order valence-electron chi connectivity index (χ0n) is 25.8. The monoisotopic (exact) mass is 675 g/mol. The normalized spacial score (nSPS) is 18.5. The second-order valence-electron chi connectivity index (χ2n) is 10.8. The first-order valence-corrected chi connectivity index (χ1v) is 15.6. The van der Waals surface area contributed by atoms with E-state index in [1.54, 1.807) is 91.0 Å². The second-order valence-corrected chi connectivity index (χ2v) is 11.2. The lowest BCUT2D eigenvalue weighted by atomic mass is 10.1. The van der Waals surface area contributed by atoms with Gasteiger partial charge in [0.25, 0.3) is 5.56 Å². The largest absolute Gasteiger partial charge is 0.459 e. The van der Waals surface area contributed by atoms with Crippen molar-refractivity contribution in [1.29, 1.82) is 0 Å². The van der Waals surface area contributed by atoms with E-state index in [0.29, 0.717) is 5.56 Å². The number of aromatic amines is 1. The lowest BCUT2D eigenvalue weighted by Crippen LogP contribution is -2.41. The van der Waals surface area contributed by atoms with E-state index >= 15 is 0 Å². The number of benzene rings is 4. The van der Waals surface area contributed by atoms with Gasteiger partial charge in [0.15, 0.2) is 23.2 Å². The third kappa shape index (κ3) is 7.95. The third-order valence-electron chi connectivity index (χ3n) is 7.53.